The van der Waals surface area contributed by atoms with Gasteiger partial charge < -0.3 is 9.09 Å². The maximum absolute atomic E-state index is 10.6. The molecule has 0 saturated heterocycles. The first-order chi connectivity index (χ1) is 7.70. The van der Waals surface area contributed by atoms with E-state index < -0.39 is 0 Å². The highest BCUT2D eigenvalue weighted by molar-refractivity contribution is 5.69. The lowest BCUT2D eigenvalue weighted by Crippen LogP contribution is -2.03. The van der Waals surface area contributed by atoms with Crippen molar-refractivity contribution in [2.24, 2.45) is 0 Å². The van der Waals surface area contributed by atoms with Crippen LogP contribution >= 0.6 is 0 Å². The maximum atomic E-state index is 10.6. The summed E-state index contributed by atoms with van der Waals surface area (Å²) in [6.45, 7) is 4.35. The molecular formula is C10H12N4O2. The van der Waals surface area contributed by atoms with Crippen molar-refractivity contribution in [2.45, 2.75) is 26.3 Å². The average Bonchev–Trinajstić information content (AvgIpc) is 2.87. The summed E-state index contributed by atoms with van der Waals surface area (Å²) in [7, 11) is 0. The van der Waals surface area contributed by atoms with Crippen LogP contribution in [-0.4, -0.2) is 26.0 Å². The van der Waals surface area contributed by atoms with Crippen molar-refractivity contribution in [3.05, 3.63) is 29.9 Å². The minimum atomic E-state index is 0.228. The molecule has 6 nitrogen and oxygen atoms in total. The number of aromatic nitrogens is 4. The lowest BCUT2D eigenvalue weighted by atomic mass is 10.2. The smallest absolute Gasteiger partial charge is 0.246 e. The number of carbonyl (C=O) groups is 1. The van der Waals surface area contributed by atoms with Crippen LogP contribution in [0, 0.1) is 0 Å². The van der Waals surface area contributed by atoms with E-state index in [-0.39, 0.29) is 5.92 Å². The molecule has 0 aromatic carbocycles. The first-order valence-electron chi connectivity index (χ1n) is 4.99. The van der Waals surface area contributed by atoms with Crippen LogP contribution in [0.2, 0.25) is 0 Å². The molecule has 16 heavy (non-hydrogen) atoms. The predicted molar refractivity (Wildman–Crippen MR) is 55.1 cm³/mol. The number of hydrogen-bond donors (Lipinski definition) is 0. The number of hydrogen-bond acceptors (Lipinski definition) is 5. The van der Waals surface area contributed by atoms with Crippen LogP contribution < -0.4 is 0 Å². The van der Waals surface area contributed by atoms with Crippen LogP contribution in [0.1, 0.15) is 42.1 Å². The molecule has 84 valence electrons. The molecule has 0 radical (unpaired) electrons. The Bertz CT molecular complexity index is 486. The van der Waals surface area contributed by atoms with Crippen molar-refractivity contribution >= 4 is 6.29 Å². The van der Waals surface area contributed by atoms with E-state index >= 15 is 0 Å². The van der Waals surface area contributed by atoms with Crippen LogP contribution in [0.25, 0.3) is 0 Å². The molecular weight excluding hydrogens is 208 g/mol. The van der Waals surface area contributed by atoms with Crippen molar-refractivity contribution in [3.8, 4) is 0 Å². The predicted octanol–water partition coefficient (Wildman–Crippen LogP) is 1.25. The molecule has 6 heteroatoms. The van der Waals surface area contributed by atoms with Crippen LogP contribution in [0.15, 0.2) is 16.9 Å². The summed E-state index contributed by atoms with van der Waals surface area (Å²) in [5, 5.41) is 3.84. The van der Waals surface area contributed by atoms with Gasteiger partial charge in [-0.3, -0.25) is 4.79 Å². The van der Waals surface area contributed by atoms with E-state index in [1.54, 1.807) is 17.0 Å². The second-order valence-electron chi connectivity index (χ2n) is 3.73. The first kappa shape index (κ1) is 10.5. The van der Waals surface area contributed by atoms with Crippen LogP contribution in [-0.2, 0) is 6.54 Å². The van der Waals surface area contributed by atoms with Gasteiger partial charge >= 0.3 is 0 Å². The Hall–Kier alpha value is -1.98. The van der Waals surface area contributed by atoms with Crippen molar-refractivity contribution in [1.82, 2.24) is 19.7 Å². The molecule has 2 aromatic heterocycles. The number of nitrogens with zero attached hydrogens (tertiary/aromatic N) is 4. The fourth-order valence-electron chi connectivity index (χ4n) is 1.29. The van der Waals surface area contributed by atoms with Crippen LogP contribution in [0.3, 0.4) is 0 Å². The van der Waals surface area contributed by atoms with Gasteiger partial charge in [-0.05, 0) is 0 Å². The van der Waals surface area contributed by atoms with Crippen molar-refractivity contribution < 1.29 is 9.32 Å². The van der Waals surface area contributed by atoms with E-state index in [4.69, 9.17) is 4.52 Å². The van der Waals surface area contributed by atoms with Gasteiger partial charge in [0.1, 0.15) is 6.54 Å². The van der Waals surface area contributed by atoms with Gasteiger partial charge in [0.2, 0.25) is 5.89 Å². The topological polar surface area (TPSA) is 73.8 Å². The summed E-state index contributed by atoms with van der Waals surface area (Å²) in [6, 6.07) is 0. The number of carbonyl (C=O) groups excluding carboxylic acids is 1. The largest absolute Gasteiger partial charge is 0.337 e. The molecule has 2 rings (SSSR count). The molecule has 0 aliphatic carbocycles. The van der Waals surface area contributed by atoms with E-state index in [0.29, 0.717) is 30.4 Å². The molecule has 0 saturated carbocycles. The highest BCUT2D eigenvalue weighted by Crippen LogP contribution is 2.10. The standard InChI is InChI=1S/C10H12N4O2/c1-7(2)10-12-9(16-13-10)5-14-4-3-11-8(14)6-15/h3-4,6-7H,5H2,1-2H3. The Labute approximate surface area is 92.3 Å². The third kappa shape index (κ3) is 2.00. The SMILES string of the molecule is CC(C)c1noc(Cn2ccnc2C=O)n1. The van der Waals surface area contributed by atoms with Crippen molar-refractivity contribution in [1.29, 1.82) is 0 Å². The summed E-state index contributed by atoms with van der Waals surface area (Å²) in [5.41, 5.74) is 0. The first-order valence-corrected chi connectivity index (χ1v) is 4.99. The Morgan fingerprint density at radius 2 is 2.38 bits per heavy atom. The van der Waals surface area contributed by atoms with E-state index in [0.717, 1.165) is 0 Å². The average molecular weight is 220 g/mol. The molecule has 0 spiro atoms. The fraction of sp³-hybridized carbons (Fsp3) is 0.400. The van der Waals surface area contributed by atoms with Crippen LogP contribution in [0.4, 0.5) is 0 Å². The molecule has 0 atom stereocenters. The molecule has 0 amide bonds. The number of rotatable bonds is 4. The quantitative estimate of drug-likeness (QED) is 0.725. The monoisotopic (exact) mass is 220 g/mol. The summed E-state index contributed by atoms with van der Waals surface area (Å²) in [5.74, 6) is 1.72. The molecule has 0 bridgehead atoms. The van der Waals surface area contributed by atoms with Crippen LogP contribution in [0.5, 0.6) is 0 Å². The highest BCUT2D eigenvalue weighted by atomic mass is 16.5. The second-order valence-corrected chi connectivity index (χ2v) is 3.73. The highest BCUT2D eigenvalue weighted by Gasteiger charge is 2.11. The summed E-state index contributed by atoms with van der Waals surface area (Å²) < 4.78 is 6.73. The fourth-order valence-corrected chi connectivity index (χ4v) is 1.29. The summed E-state index contributed by atoms with van der Waals surface area (Å²) >= 11 is 0. The Kier molecular flexibility index (Phi) is 2.80. The zero-order valence-electron chi connectivity index (χ0n) is 9.12. The van der Waals surface area contributed by atoms with Gasteiger partial charge in [0.25, 0.3) is 0 Å². The molecule has 0 unspecified atom stereocenters. The lowest BCUT2D eigenvalue weighted by Gasteiger charge is -1.98. The normalized spacial score (nSPS) is 10.9. The Morgan fingerprint density at radius 3 is 3.00 bits per heavy atom. The van der Waals surface area contributed by atoms with Gasteiger partial charge in [-0.2, -0.15) is 4.98 Å². The molecule has 0 N–H and O–H groups in total. The van der Waals surface area contributed by atoms with E-state index in [1.807, 2.05) is 13.8 Å². The zero-order valence-corrected chi connectivity index (χ0v) is 9.12. The zero-order chi connectivity index (χ0) is 11.5. The van der Waals surface area contributed by atoms with E-state index in [9.17, 15) is 4.79 Å². The molecule has 2 heterocycles. The van der Waals surface area contributed by atoms with Crippen molar-refractivity contribution in [2.75, 3.05) is 0 Å². The minimum Gasteiger partial charge on any atom is -0.337 e. The van der Waals surface area contributed by atoms with Gasteiger partial charge in [0.15, 0.2) is 17.9 Å². The van der Waals surface area contributed by atoms with Gasteiger partial charge in [0.05, 0.1) is 0 Å². The van der Waals surface area contributed by atoms with Gasteiger partial charge in [-0.25, -0.2) is 4.98 Å². The van der Waals surface area contributed by atoms with E-state index in [2.05, 4.69) is 15.1 Å². The maximum Gasteiger partial charge on any atom is 0.246 e. The molecule has 0 fully saturated rings. The minimum absolute atomic E-state index is 0.228. The second kappa shape index (κ2) is 4.26. The Balaban J connectivity index is 2.17. The third-order valence-electron chi connectivity index (χ3n) is 2.16. The molecule has 0 aliphatic rings. The number of imidazole rings is 1. The molecule has 2 aromatic rings. The third-order valence-corrected chi connectivity index (χ3v) is 2.16. The number of aldehydes is 1. The molecule has 0 aliphatic heterocycles. The van der Waals surface area contributed by atoms with Gasteiger partial charge in [0, 0.05) is 18.3 Å². The summed E-state index contributed by atoms with van der Waals surface area (Å²) in [4.78, 5) is 18.7. The Morgan fingerprint density at radius 1 is 1.56 bits per heavy atom. The lowest BCUT2D eigenvalue weighted by molar-refractivity contribution is 0.111. The van der Waals surface area contributed by atoms with E-state index in [1.165, 1.54) is 0 Å². The van der Waals surface area contributed by atoms with Gasteiger partial charge in [-0.15, -0.1) is 0 Å². The van der Waals surface area contributed by atoms with Gasteiger partial charge in [-0.1, -0.05) is 19.0 Å². The van der Waals surface area contributed by atoms with Crippen molar-refractivity contribution in [3.63, 3.8) is 0 Å². The summed E-state index contributed by atoms with van der Waals surface area (Å²) in [6.07, 6.45) is 3.95.